The van der Waals surface area contributed by atoms with Gasteiger partial charge in [0.2, 0.25) is 10.0 Å². The molecule has 1 amide bonds. The molecule has 1 heterocycles. The van der Waals surface area contributed by atoms with Gasteiger partial charge in [-0.3, -0.25) is 9.69 Å². The van der Waals surface area contributed by atoms with Crippen molar-refractivity contribution in [1.29, 1.82) is 0 Å². The van der Waals surface area contributed by atoms with Gasteiger partial charge >= 0.3 is 0 Å². The monoisotopic (exact) mass is 459 g/mol. The van der Waals surface area contributed by atoms with E-state index in [2.05, 4.69) is 9.62 Å². The largest absolute Gasteiger partial charge is 0.367 e. The molecule has 1 saturated carbocycles. The molecule has 30 heavy (non-hydrogen) atoms. The third-order valence-electron chi connectivity index (χ3n) is 6.35. The summed E-state index contributed by atoms with van der Waals surface area (Å²) < 4.78 is 32.2. The van der Waals surface area contributed by atoms with Crippen LogP contribution in [0.2, 0.25) is 0 Å². The van der Waals surface area contributed by atoms with Crippen molar-refractivity contribution in [2.75, 3.05) is 34.3 Å². The number of benzene rings is 1. The van der Waals surface area contributed by atoms with Gasteiger partial charge in [-0.1, -0.05) is 25.0 Å². The Morgan fingerprint density at radius 2 is 1.87 bits per heavy atom. The minimum Gasteiger partial charge on any atom is -0.367 e. The van der Waals surface area contributed by atoms with Crippen LogP contribution in [0.4, 0.5) is 0 Å². The van der Waals surface area contributed by atoms with Crippen molar-refractivity contribution < 1.29 is 17.9 Å². The van der Waals surface area contributed by atoms with Gasteiger partial charge in [0.25, 0.3) is 5.91 Å². The van der Waals surface area contributed by atoms with Crippen LogP contribution in [0.3, 0.4) is 0 Å². The quantitative estimate of drug-likeness (QED) is 0.677. The highest BCUT2D eigenvalue weighted by atomic mass is 35.5. The van der Waals surface area contributed by atoms with Crippen molar-refractivity contribution in [1.82, 2.24) is 14.5 Å². The number of nitrogens with zero attached hydrogens (tertiary/aromatic N) is 2. The molecule has 1 aliphatic carbocycles. The first-order valence-electron chi connectivity index (χ1n) is 10.5. The van der Waals surface area contributed by atoms with Gasteiger partial charge in [0.1, 0.15) is 0 Å². The Kier molecular flexibility index (Phi) is 9.12. The number of sulfonamides is 1. The average molecular weight is 460 g/mol. The lowest BCUT2D eigenvalue weighted by molar-refractivity contribution is -0.145. The van der Waals surface area contributed by atoms with Crippen molar-refractivity contribution in [3.8, 4) is 0 Å². The Morgan fingerprint density at radius 3 is 2.50 bits per heavy atom. The van der Waals surface area contributed by atoms with Crippen molar-refractivity contribution in [3.63, 3.8) is 0 Å². The number of nitrogens with one attached hydrogen (secondary N) is 1. The minimum atomic E-state index is -3.59. The summed E-state index contributed by atoms with van der Waals surface area (Å²) >= 11 is 0. The molecular weight excluding hydrogens is 426 g/mol. The molecule has 1 aliphatic heterocycles. The average Bonchev–Trinajstić information content (AvgIpc) is 3.28. The van der Waals surface area contributed by atoms with Crippen molar-refractivity contribution in [2.45, 2.75) is 61.6 Å². The van der Waals surface area contributed by atoms with E-state index in [1.165, 1.54) is 45.6 Å². The van der Waals surface area contributed by atoms with Gasteiger partial charge in [0.15, 0.2) is 6.10 Å². The van der Waals surface area contributed by atoms with Gasteiger partial charge in [0, 0.05) is 26.2 Å². The molecule has 1 aromatic carbocycles. The minimum absolute atomic E-state index is 0. The van der Waals surface area contributed by atoms with Crippen LogP contribution in [0.5, 0.6) is 0 Å². The molecule has 3 unspecified atom stereocenters. The fourth-order valence-corrected chi connectivity index (χ4v) is 5.52. The van der Waals surface area contributed by atoms with E-state index in [4.69, 9.17) is 4.74 Å². The molecule has 0 radical (unpaired) electrons. The van der Waals surface area contributed by atoms with E-state index in [-0.39, 0.29) is 29.3 Å². The number of halogens is 1. The van der Waals surface area contributed by atoms with Crippen LogP contribution in [0.15, 0.2) is 29.2 Å². The molecule has 7 nitrogen and oxygen atoms in total. The van der Waals surface area contributed by atoms with Gasteiger partial charge in [-0.25, -0.2) is 13.1 Å². The molecule has 1 aromatic rings. The zero-order chi connectivity index (χ0) is 21.0. The van der Waals surface area contributed by atoms with Crippen LogP contribution in [0.25, 0.3) is 0 Å². The van der Waals surface area contributed by atoms with E-state index in [9.17, 15) is 13.2 Å². The number of carbonyl (C=O) groups excluding carboxylic acids is 1. The molecular formula is C21H34ClN3O4S. The fourth-order valence-electron chi connectivity index (χ4n) is 4.73. The molecule has 9 heteroatoms. The maximum atomic E-state index is 13.4. The predicted octanol–water partition coefficient (Wildman–Crippen LogP) is 2.57. The third-order valence-corrected chi connectivity index (χ3v) is 7.76. The number of carbonyl (C=O) groups is 1. The first-order valence-corrected chi connectivity index (χ1v) is 11.9. The van der Waals surface area contributed by atoms with Crippen LogP contribution in [0.1, 0.15) is 50.2 Å². The van der Waals surface area contributed by atoms with E-state index < -0.39 is 16.1 Å². The molecule has 170 valence electrons. The second-order valence-electron chi connectivity index (χ2n) is 8.01. The van der Waals surface area contributed by atoms with E-state index >= 15 is 0 Å². The number of likely N-dealkylation sites (N-methyl/N-ethyl adjacent to an activating group) is 1. The zero-order valence-electron chi connectivity index (χ0n) is 18.0. The standard InChI is InChI=1S/C21H33N3O4S.ClH/c1-22-29(26,27)17-10-8-9-16(15-17)20(28-3)21(25)23(2)18-11-4-5-12-19(18)24-13-6-7-14-24;/h8-10,15,18-20,22H,4-7,11-14H2,1-3H3;1H. The number of rotatable bonds is 7. The van der Waals surface area contributed by atoms with E-state index in [1.54, 1.807) is 12.1 Å². The predicted molar refractivity (Wildman–Crippen MR) is 119 cm³/mol. The Bertz CT molecular complexity index is 814. The number of amides is 1. The summed E-state index contributed by atoms with van der Waals surface area (Å²) in [5, 5.41) is 0. The lowest BCUT2D eigenvalue weighted by Crippen LogP contribution is -2.54. The summed E-state index contributed by atoms with van der Waals surface area (Å²) in [7, 11) is 1.14. The molecule has 0 aromatic heterocycles. The number of hydrogen-bond acceptors (Lipinski definition) is 5. The summed E-state index contributed by atoms with van der Waals surface area (Å²) in [6.07, 6.45) is 6.08. The molecule has 1 saturated heterocycles. The highest BCUT2D eigenvalue weighted by molar-refractivity contribution is 7.89. The SMILES string of the molecule is CNS(=O)(=O)c1cccc(C(OC)C(=O)N(C)C2CCCCC2N2CCCC2)c1.Cl. The third kappa shape index (κ3) is 5.34. The molecule has 0 bridgehead atoms. The maximum Gasteiger partial charge on any atom is 0.256 e. The first-order chi connectivity index (χ1) is 13.9. The lowest BCUT2D eigenvalue weighted by Gasteiger charge is -2.43. The Labute approximate surface area is 186 Å². The highest BCUT2D eigenvalue weighted by Gasteiger charge is 2.37. The number of hydrogen-bond donors (Lipinski definition) is 1. The summed E-state index contributed by atoms with van der Waals surface area (Å²) in [6, 6.07) is 6.98. The Balaban J connectivity index is 0.00000320. The van der Waals surface area contributed by atoms with Crippen LogP contribution in [-0.4, -0.2) is 70.5 Å². The number of likely N-dealkylation sites (tertiary alicyclic amines) is 1. The summed E-state index contributed by atoms with van der Waals surface area (Å²) in [5.74, 6) is -0.123. The summed E-state index contributed by atoms with van der Waals surface area (Å²) in [4.78, 5) is 17.9. The molecule has 3 rings (SSSR count). The second kappa shape index (κ2) is 10.9. The maximum absolute atomic E-state index is 13.4. The van der Waals surface area contributed by atoms with Crippen LogP contribution in [-0.2, 0) is 19.6 Å². The van der Waals surface area contributed by atoms with Gasteiger partial charge in [-0.15, -0.1) is 12.4 Å². The van der Waals surface area contributed by atoms with Crippen molar-refractivity contribution >= 4 is 28.3 Å². The topological polar surface area (TPSA) is 78.9 Å². The molecule has 3 atom stereocenters. The van der Waals surface area contributed by atoms with Crippen molar-refractivity contribution in [2.24, 2.45) is 0 Å². The fraction of sp³-hybridized carbons (Fsp3) is 0.667. The van der Waals surface area contributed by atoms with Gasteiger partial charge < -0.3 is 9.64 Å². The first kappa shape index (κ1) is 25.1. The van der Waals surface area contributed by atoms with E-state index in [0.29, 0.717) is 11.6 Å². The Hall–Kier alpha value is -1.19. The summed E-state index contributed by atoms with van der Waals surface area (Å²) in [5.41, 5.74) is 0.550. The van der Waals surface area contributed by atoms with Gasteiger partial charge in [-0.05, 0) is 63.5 Å². The summed E-state index contributed by atoms with van der Waals surface area (Å²) in [6.45, 7) is 2.22. The van der Waals surface area contributed by atoms with Crippen LogP contribution in [0, 0.1) is 0 Å². The van der Waals surface area contributed by atoms with Crippen LogP contribution >= 0.6 is 12.4 Å². The molecule has 0 spiro atoms. The number of ether oxygens (including phenoxy) is 1. The Morgan fingerprint density at radius 1 is 1.20 bits per heavy atom. The van der Waals surface area contributed by atoms with E-state index in [0.717, 1.165) is 32.4 Å². The number of methoxy groups -OCH3 is 1. The smallest absolute Gasteiger partial charge is 0.256 e. The zero-order valence-corrected chi connectivity index (χ0v) is 19.7. The van der Waals surface area contributed by atoms with Crippen LogP contribution < -0.4 is 4.72 Å². The molecule has 2 fully saturated rings. The molecule has 2 aliphatic rings. The second-order valence-corrected chi connectivity index (χ2v) is 9.89. The molecule has 1 N–H and O–H groups in total. The van der Waals surface area contributed by atoms with Crippen molar-refractivity contribution in [3.05, 3.63) is 29.8 Å². The van der Waals surface area contributed by atoms with Gasteiger partial charge in [-0.2, -0.15) is 0 Å². The lowest BCUT2D eigenvalue weighted by atomic mass is 9.88. The normalized spacial score (nSPS) is 23.6. The van der Waals surface area contributed by atoms with E-state index in [1.807, 2.05) is 11.9 Å². The van der Waals surface area contributed by atoms with Gasteiger partial charge in [0.05, 0.1) is 4.90 Å². The highest BCUT2D eigenvalue weighted by Crippen LogP contribution is 2.31.